The van der Waals surface area contributed by atoms with Gasteiger partial charge in [-0.3, -0.25) is 9.10 Å². The van der Waals surface area contributed by atoms with Gasteiger partial charge < -0.3 is 0 Å². The quantitative estimate of drug-likeness (QED) is 0.226. The lowest BCUT2D eigenvalue weighted by molar-refractivity contribution is -0.122. The number of carbonyl (C=O) groups excluding carboxylic acids is 1. The van der Waals surface area contributed by atoms with Crippen LogP contribution in [0.5, 0.6) is 0 Å². The number of rotatable bonds is 3. The Labute approximate surface area is 274 Å². The maximum Gasteiger partial charge on any atom is 0.233 e. The van der Waals surface area contributed by atoms with E-state index < -0.39 is 0 Å². The fraction of sp³-hybridized carbons (Fsp3) is 0.308. The van der Waals surface area contributed by atoms with Gasteiger partial charge in [0.1, 0.15) is 0 Å². The van der Waals surface area contributed by atoms with E-state index in [9.17, 15) is 4.79 Å². The van der Waals surface area contributed by atoms with E-state index >= 15 is 0 Å². The van der Waals surface area contributed by atoms with Gasteiger partial charge in [0, 0.05) is 17.7 Å². The average Bonchev–Trinajstić information content (AvgIpc) is 3.02. The highest BCUT2D eigenvalue weighted by molar-refractivity contribution is 7.78. The second-order valence-electron chi connectivity index (χ2n) is 9.51. The first-order valence-corrected chi connectivity index (χ1v) is 15.7. The Morgan fingerprint density at radius 2 is 0.814 bits per heavy atom. The number of thiol groups is 1. The molecule has 0 N–H and O–H groups in total. The monoisotopic (exact) mass is 619 g/mol. The molecule has 234 valence electrons. The molecule has 0 spiro atoms. The van der Waals surface area contributed by atoms with E-state index in [4.69, 9.17) is 11.6 Å². The van der Waals surface area contributed by atoms with Crippen LogP contribution in [-0.2, 0) is 4.79 Å². The van der Waals surface area contributed by atoms with Crippen molar-refractivity contribution in [3.8, 4) is 0 Å². The third kappa shape index (κ3) is 23.9. The molecule has 43 heavy (non-hydrogen) atoms. The SMILES string of the molecule is CC.CC/C(Cl)=C(/CC)N(S)C(C)=O.Cc1ccc(C)cc1.Cc1ccccc1.Cc1ccccc1.Cc1ccccc1. The van der Waals surface area contributed by atoms with Gasteiger partial charge in [-0.25, -0.2) is 0 Å². The Morgan fingerprint density at radius 1 is 0.558 bits per heavy atom. The van der Waals surface area contributed by atoms with Crippen LogP contribution in [0.25, 0.3) is 0 Å². The Hall–Kier alpha value is -3.27. The molecule has 0 saturated heterocycles. The molecular formula is C39H54ClNOS. The third-order valence-corrected chi connectivity index (χ3v) is 6.56. The number of aryl methyl sites for hydroxylation is 5. The number of halogens is 1. The highest BCUT2D eigenvalue weighted by atomic mass is 35.5. The van der Waals surface area contributed by atoms with Gasteiger partial charge >= 0.3 is 0 Å². The first-order chi connectivity index (χ1) is 20.5. The van der Waals surface area contributed by atoms with Crippen LogP contribution >= 0.6 is 24.4 Å². The van der Waals surface area contributed by atoms with Crippen molar-refractivity contribution in [3.63, 3.8) is 0 Å². The minimum Gasteiger partial charge on any atom is -0.274 e. The number of allylic oxidation sites excluding steroid dienone is 2. The number of hydrogen-bond acceptors (Lipinski definition) is 2. The van der Waals surface area contributed by atoms with E-state index in [2.05, 4.69) is 108 Å². The van der Waals surface area contributed by atoms with Crippen LogP contribution in [0.4, 0.5) is 0 Å². The van der Waals surface area contributed by atoms with Crippen LogP contribution in [0.3, 0.4) is 0 Å². The molecule has 0 atom stereocenters. The van der Waals surface area contributed by atoms with Gasteiger partial charge in [0.05, 0.1) is 0 Å². The molecule has 0 bridgehead atoms. The minimum absolute atomic E-state index is 0.109. The van der Waals surface area contributed by atoms with E-state index in [1.54, 1.807) is 0 Å². The summed E-state index contributed by atoms with van der Waals surface area (Å²) in [5, 5.41) is 0.697. The second-order valence-corrected chi connectivity index (χ2v) is 10.4. The van der Waals surface area contributed by atoms with Crippen molar-refractivity contribution in [3.05, 3.63) is 154 Å². The molecule has 1 amide bonds. The Morgan fingerprint density at radius 3 is 0.977 bits per heavy atom. The summed E-state index contributed by atoms with van der Waals surface area (Å²) in [5.74, 6) is -0.109. The van der Waals surface area contributed by atoms with Crippen LogP contribution in [0.1, 0.15) is 75.3 Å². The van der Waals surface area contributed by atoms with Crippen LogP contribution < -0.4 is 0 Å². The summed E-state index contributed by atoms with van der Waals surface area (Å²) in [6.07, 6.45) is 1.45. The summed E-state index contributed by atoms with van der Waals surface area (Å²) < 4.78 is 1.30. The summed E-state index contributed by atoms with van der Waals surface area (Å²) in [6, 6.07) is 39.3. The molecule has 4 rings (SSSR count). The number of amides is 1. The van der Waals surface area contributed by atoms with Gasteiger partial charge in [-0.1, -0.05) is 195 Å². The molecule has 2 nitrogen and oxygen atoms in total. The van der Waals surface area contributed by atoms with Gasteiger partial charge in [0.25, 0.3) is 0 Å². The average molecular weight is 620 g/mol. The Kier molecular flexibility index (Phi) is 26.8. The van der Waals surface area contributed by atoms with E-state index in [1.165, 1.54) is 39.0 Å². The van der Waals surface area contributed by atoms with E-state index in [-0.39, 0.29) is 5.91 Å². The topological polar surface area (TPSA) is 20.3 Å². The second kappa shape index (κ2) is 27.6. The van der Waals surface area contributed by atoms with E-state index in [0.29, 0.717) is 5.03 Å². The van der Waals surface area contributed by atoms with Crippen LogP contribution in [-0.4, -0.2) is 10.2 Å². The van der Waals surface area contributed by atoms with Crippen molar-refractivity contribution < 1.29 is 4.79 Å². The molecule has 4 heteroatoms. The van der Waals surface area contributed by atoms with Crippen molar-refractivity contribution >= 4 is 30.3 Å². The molecule has 0 radical (unpaired) electrons. The smallest absolute Gasteiger partial charge is 0.233 e. The van der Waals surface area contributed by atoms with Crippen molar-refractivity contribution in [1.82, 2.24) is 4.31 Å². The maximum absolute atomic E-state index is 10.9. The van der Waals surface area contributed by atoms with Crippen LogP contribution in [0.2, 0.25) is 0 Å². The molecule has 0 aliphatic heterocycles. The summed E-state index contributed by atoms with van der Waals surface area (Å²) in [5.41, 5.74) is 7.41. The third-order valence-electron chi connectivity index (χ3n) is 5.55. The number of hydrogen-bond donors (Lipinski definition) is 1. The first kappa shape index (κ1) is 41.9. The van der Waals surface area contributed by atoms with Crippen LogP contribution in [0, 0.1) is 34.6 Å². The molecule has 0 aromatic heterocycles. The molecule has 0 aliphatic rings. The first-order valence-electron chi connectivity index (χ1n) is 15.0. The molecule has 4 aromatic carbocycles. The van der Waals surface area contributed by atoms with Crippen molar-refractivity contribution in [2.24, 2.45) is 0 Å². The molecule has 0 heterocycles. The molecular weight excluding hydrogens is 566 g/mol. The van der Waals surface area contributed by atoms with Crippen LogP contribution in [0.15, 0.2) is 126 Å². The van der Waals surface area contributed by atoms with E-state index in [1.807, 2.05) is 82.3 Å². The summed E-state index contributed by atoms with van der Waals surface area (Å²) in [6.45, 7) is 19.8. The zero-order chi connectivity index (χ0) is 33.0. The number of nitrogens with zero attached hydrogens (tertiary/aromatic N) is 1. The zero-order valence-corrected chi connectivity index (χ0v) is 29.7. The molecule has 0 fully saturated rings. The maximum atomic E-state index is 10.9. The minimum atomic E-state index is -0.109. The molecule has 0 saturated carbocycles. The van der Waals surface area contributed by atoms with Gasteiger partial charge in [0.15, 0.2) is 0 Å². The zero-order valence-electron chi connectivity index (χ0n) is 28.1. The molecule has 4 aromatic rings. The summed E-state index contributed by atoms with van der Waals surface area (Å²) in [4.78, 5) is 10.9. The summed E-state index contributed by atoms with van der Waals surface area (Å²) >= 11 is 9.94. The predicted octanol–water partition coefficient (Wildman–Crippen LogP) is 12.3. The summed E-state index contributed by atoms with van der Waals surface area (Å²) in [7, 11) is 0. The van der Waals surface area contributed by atoms with Crippen molar-refractivity contribution in [1.29, 1.82) is 0 Å². The number of carbonyl (C=O) groups is 1. The Bertz CT molecular complexity index is 1110. The largest absolute Gasteiger partial charge is 0.274 e. The van der Waals surface area contributed by atoms with Crippen molar-refractivity contribution in [2.45, 2.75) is 82.1 Å². The van der Waals surface area contributed by atoms with E-state index in [0.717, 1.165) is 18.5 Å². The predicted molar refractivity (Wildman–Crippen MR) is 196 cm³/mol. The standard InChI is InChI=1S/C8H14ClNOS.C8H10.3C7H8.C2H6/c1-4-7(9)8(5-2)10(12)6(3)11;1-7-3-5-8(2)6-4-7;3*1-7-5-3-2-4-6-7;1-2/h12H,4-5H2,1-3H3;3-6H,1-2H3;3*2-6H,1H3;1-2H3/b8-7+;;;;;. The lowest BCUT2D eigenvalue weighted by Crippen LogP contribution is -2.18. The van der Waals surface area contributed by atoms with Gasteiger partial charge in [-0.05, 0) is 47.5 Å². The fourth-order valence-corrected chi connectivity index (χ4v) is 3.63. The van der Waals surface area contributed by atoms with Gasteiger partial charge in [-0.2, -0.15) is 0 Å². The normalized spacial score (nSPS) is 9.58. The van der Waals surface area contributed by atoms with Gasteiger partial charge in [0.2, 0.25) is 5.91 Å². The molecule has 0 aliphatic carbocycles. The van der Waals surface area contributed by atoms with Gasteiger partial charge in [-0.15, -0.1) is 0 Å². The highest BCUT2D eigenvalue weighted by Gasteiger charge is 2.11. The number of benzene rings is 4. The fourth-order valence-electron chi connectivity index (χ4n) is 3.09. The lowest BCUT2D eigenvalue weighted by Gasteiger charge is -2.17. The highest BCUT2D eigenvalue weighted by Crippen LogP contribution is 2.21. The molecule has 0 unspecified atom stereocenters. The Balaban J connectivity index is 0. The van der Waals surface area contributed by atoms with Crippen molar-refractivity contribution in [2.75, 3.05) is 0 Å². The lowest BCUT2D eigenvalue weighted by atomic mass is 10.2.